The van der Waals surface area contributed by atoms with Gasteiger partial charge in [-0.05, 0) is 49.2 Å². The van der Waals surface area contributed by atoms with Gasteiger partial charge in [-0.2, -0.15) is 13.2 Å². The average Bonchev–Trinajstić information content (AvgIpc) is 2.80. The number of aryl methyl sites for hydroxylation is 2. The van der Waals surface area contributed by atoms with Crippen molar-refractivity contribution < 1.29 is 17.6 Å². The highest BCUT2D eigenvalue weighted by Crippen LogP contribution is 2.41. The fourth-order valence-corrected chi connectivity index (χ4v) is 2.54. The van der Waals surface area contributed by atoms with Crippen LogP contribution in [0.3, 0.4) is 0 Å². The lowest BCUT2D eigenvalue weighted by Gasteiger charge is -2.11. The van der Waals surface area contributed by atoms with Crippen molar-refractivity contribution in [3.63, 3.8) is 0 Å². The van der Waals surface area contributed by atoms with Crippen molar-refractivity contribution in [2.75, 3.05) is 11.5 Å². The molecule has 3 aromatic rings. The summed E-state index contributed by atoms with van der Waals surface area (Å²) in [5.74, 6) is 0.105. The summed E-state index contributed by atoms with van der Waals surface area (Å²) in [5.41, 5.74) is 12.0. The third-order valence-electron chi connectivity index (χ3n) is 3.70. The van der Waals surface area contributed by atoms with Gasteiger partial charge in [0.15, 0.2) is 5.58 Å². The Morgan fingerprint density at radius 1 is 1.04 bits per heavy atom. The maximum absolute atomic E-state index is 13.3. The lowest BCUT2D eigenvalue weighted by molar-refractivity contribution is -0.135. The van der Waals surface area contributed by atoms with Crippen LogP contribution in [-0.2, 0) is 6.18 Å². The van der Waals surface area contributed by atoms with Crippen molar-refractivity contribution in [2.45, 2.75) is 20.0 Å². The van der Waals surface area contributed by atoms with E-state index in [4.69, 9.17) is 15.9 Å². The third kappa shape index (κ3) is 2.48. The second-order valence-corrected chi connectivity index (χ2v) is 5.42. The van der Waals surface area contributed by atoms with Crippen LogP contribution in [0.2, 0.25) is 0 Å². The Hall–Kier alpha value is -2.70. The first kappa shape index (κ1) is 15.2. The van der Waals surface area contributed by atoms with Gasteiger partial charge < -0.3 is 15.9 Å². The summed E-state index contributed by atoms with van der Waals surface area (Å²) in [7, 11) is 0. The Morgan fingerprint density at radius 2 is 1.74 bits per heavy atom. The Kier molecular flexibility index (Phi) is 3.24. The number of fused-ring (bicyclic) bond motifs is 1. The molecule has 1 heterocycles. The van der Waals surface area contributed by atoms with Crippen LogP contribution in [-0.4, -0.2) is 4.98 Å². The summed E-state index contributed by atoms with van der Waals surface area (Å²) < 4.78 is 45.5. The number of hydrogen-bond donors (Lipinski definition) is 2. The minimum absolute atomic E-state index is 0.0512. The van der Waals surface area contributed by atoms with Crippen molar-refractivity contribution in [3.05, 3.63) is 41.0 Å². The molecule has 0 amide bonds. The van der Waals surface area contributed by atoms with Crippen LogP contribution in [0, 0.1) is 13.8 Å². The molecule has 0 aliphatic heterocycles. The molecule has 0 atom stereocenters. The van der Waals surface area contributed by atoms with E-state index in [0.29, 0.717) is 16.8 Å². The number of rotatable bonds is 1. The van der Waals surface area contributed by atoms with E-state index in [1.165, 1.54) is 13.0 Å². The van der Waals surface area contributed by atoms with Crippen molar-refractivity contribution in [1.29, 1.82) is 0 Å². The number of nitrogens with zero attached hydrogens (tertiary/aromatic N) is 1. The minimum Gasteiger partial charge on any atom is -0.436 e. The summed E-state index contributed by atoms with van der Waals surface area (Å²) in [5, 5.41) is 0. The molecule has 0 saturated heterocycles. The molecule has 0 unspecified atom stereocenters. The monoisotopic (exact) mass is 321 g/mol. The second kappa shape index (κ2) is 4.91. The van der Waals surface area contributed by atoms with E-state index in [9.17, 15) is 13.2 Å². The van der Waals surface area contributed by atoms with E-state index in [1.807, 2.05) is 0 Å². The quantitative estimate of drug-likeness (QED) is 0.655. The van der Waals surface area contributed by atoms with Crippen LogP contribution in [0.4, 0.5) is 24.5 Å². The van der Waals surface area contributed by atoms with Crippen LogP contribution in [0.25, 0.3) is 22.6 Å². The van der Waals surface area contributed by atoms with Gasteiger partial charge in [-0.25, -0.2) is 4.98 Å². The molecule has 7 heteroatoms. The molecule has 0 fully saturated rings. The molecule has 3 rings (SSSR count). The summed E-state index contributed by atoms with van der Waals surface area (Å²) in [4.78, 5) is 4.03. The molecule has 0 bridgehead atoms. The van der Waals surface area contributed by atoms with Gasteiger partial charge >= 0.3 is 6.18 Å². The summed E-state index contributed by atoms with van der Waals surface area (Å²) in [6.07, 6.45) is -4.61. The average molecular weight is 321 g/mol. The first-order valence-electron chi connectivity index (χ1n) is 6.82. The topological polar surface area (TPSA) is 78.1 Å². The number of hydrogen-bond acceptors (Lipinski definition) is 4. The standard InChI is InChI=1S/C16H14F3N3O/c1-7-5-9(20)3-4-10(7)15-22-14-11(23-15)6-8(2)13(21)12(14)16(17,18)19/h3-6H,20-21H2,1-2H3. The Bertz CT molecular complexity index is 913. The molecule has 120 valence electrons. The zero-order chi connectivity index (χ0) is 16.9. The molecular formula is C16H14F3N3O. The zero-order valence-corrected chi connectivity index (χ0v) is 12.5. The predicted octanol–water partition coefficient (Wildman–Crippen LogP) is 4.29. The fourth-order valence-electron chi connectivity index (χ4n) is 2.54. The fraction of sp³-hybridized carbons (Fsp3) is 0.188. The highest BCUT2D eigenvalue weighted by Gasteiger charge is 2.37. The van der Waals surface area contributed by atoms with Gasteiger partial charge in [-0.3, -0.25) is 0 Å². The summed E-state index contributed by atoms with van der Waals surface area (Å²) >= 11 is 0. The SMILES string of the molecule is Cc1cc(N)ccc1-c1nc2c(C(F)(F)F)c(N)c(C)cc2o1. The minimum atomic E-state index is -4.61. The van der Waals surface area contributed by atoms with E-state index < -0.39 is 11.7 Å². The first-order chi connectivity index (χ1) is 10.7. The summed E-state index contributed by atoms with van der Waals surface area (Å²) in [6, 6.07) is 6.47. The maximum Gasteiger partial charge on any atom is 0.420 e. The van der Waals surface area contributed by atoms with Crippen LogP contribution >= 0.6 is 0 Å². The Balaban J connectivity index is 2.31. The molecule has 0 aliphatic carbocycles. The van der Waals surface area contributed by atoms with Crippen molar-refractivity contribution in [3.8, 4) is 11.5 Å². The van der Waals surface area contributed by atoms with E-state index in [0.717, 1.165) is 5.56 Å². The van der Waals surface area contributed by atoms with E-state index in [-0.39, 0.29) is 22.7 Å². The molecular weight excluding hydrogens is 307 g/mol. The lowest BCUT2D eigenvalue weighted by Crippen LogP contribution is -2.11. The van der Waals surface area contributed by atoms with E-state index in [1.54, 1.807) is 25.1 Å². The highest BCUT2D eigenvalue weighted by atomic mass is 19.4. The molecule has 0 radical (unpaired) electrons. The van der Waals surface area contributed by atoms with Crippen LogP contribution < -0.4 is 11.5 Å². The number of oxazole rings is 1. The number of anilines is 2. The molecule has 23 heavy (non-hydrogen) atoms. The van der Waals surface area contributed by atoms with E-state index >= 15 is 0 Å². The van der Waals surface area contributed by atoms with Gasteiger partial charge in [0, 0.05) is 16.9 Å². The molecule has 4 nitrogen and oxygen atoms in total. The van der Waals surface area contributed by atoms with Gasteiger partial charge in [0.05, 0.1) is 0 Å². The molecule has 1 aromatic heterocycles. The number of halogens is 3. The van der Waals surface area contributed by atoms with E-state index in [2.05, 4.69) is 4.98 Å². The largest absolute Gasteiger partial charge is 0.436 e. The second-order valence-electron chi connectivity index (χ2n) is 5.42. The Morgan fingerprint density at radius 3 is 2.35 bits per heavy atom. The molecule has 0 aliphatic rings. The smallest absolute Gasteiger partial charge is 0.420 e. The Labute approximate surface area is 129 Å². The van der Waals surface area contributed by atoms with Crippen molar-refractivity contribution >= 4 is 22.5 Å². The van der Waals surface area contributed by atoms with Crippen LogP contribution in [0.1, 0.15) is 16.7 Å². The van der Waals surface area contributed by atoms with Gasteiger partial charge in [0.25, 0.3) is 0 Å². The third-order valence-corrected chi connectivity index (χ3v) is 3.70. The lowest BCUT2D eigenvalue weighted by atomic mass is 10.1. The zero-order valence-electron chi connectivity index (χ0n) is 12.5. The van der Waals surface area contributed by atoms with Gasteiger partial charge in [0.2, 0.25) is 5.89 Å². The molecule has 2 aromatic carbocycles. The summed E-state index contributed by atoms with van der Waals surface area (Å²) in [6.45, 7) is 3.28. The normalized spacial score (nSPS) is 12.0. The van der Waals surface area contributed by atoms with Gasteiger partial charge in [0.1, 0.15) is 11.1 Å². The first-order valence-corrected chi connectivity index (χ1v) is 6.82. The number of nitrogens with two attached hydrogens (primary N) is 2. The molecule has 4 N–H and O–H groups in total. The predicted molar refractivity (Wildman–Crippen MR) is 82.7 cm³/mol. The van der Waals surface area contributed by atoms with Crippen LogP contribution in [0.5, 0.6) is 0 Å². The van der Waals surface area contributed by atoms with Crippen molar-refractivity contribution in [1.82, 2.24) is 4.98 Å². The highest BCUT2D eigenvalue weighted by molar-refractivity contribution is 5.87. The number of aromatic nitrogens is 1. The number of alkyl halides is 3. The number of benzene rings is 2. The van der Waals surface area contributed by atoms with Crippen molar-refractivity contribution in [2.24, 2.45) is 0 Å². The van der Waals surface area contributed by atoms with Gasteiger partial charge in [-0.1, -0.05) is 0 Å². The number of nitrogen functional groups attached to an aromatic ring is 2. The molecule has 0 spiro atoms. The maximum atomic E-state index is 13.3. The molecule has 0 saturated carbocycles. The van der Waals surface area contributed by atoms with Crippen LogP contribution in [0.15, 0.2) is 28.7 Å². The van der Waals surface area contributed by atoms with Gasteiger partial charge in [-0.15, -0.1) is 0 Å².